The molecule has 102 valence electrons. The van der Waals surface area contributed by atoms with Gasteiger partial charge in [0.2, 0.25) is 5.96 Å². The van der Waals surface area contributed by atoms with Crippen molar-refractivity contribution >= 4 is 58.6 Å². The fraction of sp³-hybridized carbons (Fsp3) is 0.0909. The predicted molar refractivity (Wildman–Crippen MR) is 80.4 cm³/mol. The number of nitrogens with zero attached hydrogens (tertiary/aromatic N) is 1. The molecule has 5 nitrogen and oxygen atoms in total. The Balaban J connectivity index is 0.00000180. The highest BCUT2D eigenvalue weighted by Gasteiger charge is 2.11. The van der Waals surface area contributed by atoms with Crippen molar-refractivity contribution in [3.8, 4) is 0 Å². The number of nitrogens with one attached hydrogen (secondary N) is 3. The van der Waals surface area contributed by atoms with Crippen LogP contribution < -0.4 is 10.2 Å². The van der Waals surface area contributed by atoms with E-state index in [0.717, 1.165) is 10.9 Å². The molecule has 3 N–H and O–H groups in total. The number of carbonyl (C=O) groups is 1. The van der Waals surface area contributed by atoms with Crippen molar-refractivity contribution in [2.45, 2.75) is 0 Å². The minimum Gasteiger partial charge on any atom is -0.351 e. The van der Waals surface area contributed by atoms with Gasteiger partial charge in [0.05, 0.1) is 0 Å². The summed E-state index contributed by atoms with van der Waals surface area (Å²) in [4.78, 5) is 20.8. The van der Waals surface area contributed by atoms with Crippen LogP contribution in [0.1, 0.15) is 10.5 Å². The van der Waals surface area contributed by atoms with Crippen molar-refractivity contribution in [1.82, 2.24) is 15.1 Å². The number of H-pyrrole nitrogens is 1. The Labute approximate surface area is 125 Å². The Bertz CT molecular complexity index is 623. The van der Waals surface area contributed by atoms with Gasteiger partial charge in [-0.1, -0.05) is 11.6 Å². The Morgan fingerprint density at radius 3 is 2.74 bits per heavy atom. The molecule has 1 aromatic carbocycles. The van der Waals surface area contributed by atoms with Crippen molar-refractivity contribution in [2.24, 2.45) is 4.99 Å². The lowest BCUT2D eigenvalue weighted by Crippen LogP contribution is -2.36. The number of amides is 1. The number of carbonyl (C=O) groups excluding carboxylic acids is 1. The number of rotatable bonds is 1. The van der Waals surface area contributed by atoms with Crippen molar-refractivity contribution in [1.29, 1.82) is 0 Å². The summed E-state index contributed by atoms with van der Waals surface area (Å²) in [6.45, 7) is 0. The molecule has 0 bridgehead atoms. The quantitative estimate of drug-likeness (QED) is 0.429. The van der Waals surface area contributed by atoms with Crippen LogP contribution in [0, 0.1) is 0 Å². The molecule has 0 saturated carbocycles. The molecule has 0 atom stereocenters. The monoisotopic (exact) mass is 320 g/mol. The minimum atomic E-state index is -0.337. The highest BCUT2D eigenvalue weighted by Crippen LogP contribution is 2.19. The van der Waals surface area contributed by atoms with Gasteiger partial charge in [-0.25, -0.2) is 0 Å². The van der Waals surface area contributed by atoms with Gasteiger partial charge in [-0.2, -0.15) is 0 Å². The molecule has 0 aliphatic heterocycles. The highest BCUT2D eigenvalue weighted by molar-refractivity contribution is 6.31. The lowest BCUT2D eigenvalue weighted by Gasteiger charge is -2.03. The van der Waals surface area contributed by atoms with Crippen LogP contribution in [-0.4, -0.2) is 23.9 Å². The van der Waals surface area contributed by atoms with E-state index in [2.05, 4.69) is 20.1 Å². The third-order valence-corrected chi connectivity index (χ3v) is 2.79. The first-order valence-electron chi connectivity index (χ1n) is 5.07. The molecule has 0 radical (unpaired) electrons. The van der Waals surface area contributed by atoms with Gasteiger partial charge < -0.3 is 4.98 Å². The molecule has 2 aromatic rings. The maximum atomic E-state index is 11.9. The fourth-order valence-corrected chi connectivity index (χ4v) is 1.83. The number of hydrogen-bond acceptors (Lipinski definition) is 2. The topological polar surface area (TPSA) is 69.3 Å². The summed E-state index contributed by atoms with van der Waals surface area (Å²) in [5.74, 6) is -0.158. The van der Waals surface area contributed by atoms with Gasteiger partial charge in [-0.3, -0.25) is 19.9 Å². The molecule has 0 fully saturated rings. The number of aromatic nitrogens is 1. The summed E-state index contributed by atoms with van der Waals surface area (Å²) in [7, 11) is 1.51. The van der Waals surface area contributed by atoms with Crippen molar-refractivity contribution in [2.75, 3.05) is 7.05 Å². The highest BCUT2D eigenvalue weighted by atomic mass is 35.5. The van der Waals surface area contributed by atoms with Gasteiger partial charge in [-0.05, 0) is 24.3 Å². The fourth-order valence-electron chi connectivity index (χ4n) is 1.52. The first-order chi connectivity index (χ1) is 8.63. The molecule has 0 aliphatic carbocycles. The van der Waals surface area contributed by atoms with E-state index in [9.17, 15) is 4.79 Å². The summed E-state index contributed by atoms with van der Waals surface area (Å²) >= 11 is 11.3. The number of aromatic amines is 1. The molecular formula is C11H11Cl3N4O. The predicted octanol–water partition coefficient (Wildman–Crippen LogP) is 2.70. The molecular weight excluding hydrogens is 311 g/mol. The van der Waals surface area contributed by atoms with E-state index in [1.165, 1.54) is 7.05 Å². The largest absolute Gasteiger partial charge is 0.351 e. The van der Waals surface area contributed by atoms with E-state index in [4.69, 9.17) is 23.4 Å². The average molecular weight is 322 g/mol. The molecule has 0 saturated heterocycles. The Morgan fingerprint density at radius 1 is 1.37 bits per heavy atom. The lowest BCUT2D eigenvalue weighted by atomic mass is 10.2. The molecule has 0 aliphatic rings. The van der Waals surface area contributed by atoms with Crippen molar-refractivity contribution in [3.63, 3.8) is 0 Å². The van der Waals surface area contributed by atoms with Gasteiger partial charge in [0, 0.05) is 34.7 Å². The zero-order chi connectivity index (χ0) is 13.1. The summed E-state index contributed by atoms with van der Waals surface area (Å²) in [6, 6.07) is 7.04. The maximum absolute atomic E-state index is 11.9. The van der Waals surface area contributed by atoms with Crippen molar-refractivity contribution < 1.29 is 4.79 Å². The van der Waals surface area contributed by atoms with Crippen LogP contribution >= 0.6 is 35.8 Å². The Hall–Kier alpha value is -1.43. The van der Waals surface area contributed by atoms with Crippen LogP contribution in [0.25, 0.3) is 10.9 Å². The number of fused-ring (bicyclic) bond motifs is 1. The number of guanidine groups is 1. The van der Waals surface area contributed by atoms with Gasteiger partial charge in [0.15, 0.2) is 0 Å². The van der Waals surface area contributed by atoms with E-state index in [1.807, 2.05) is 6.07 Å². The van der Waals surface area contributed by atoms with Gasteiger partial charge in [0.1, 0.15) is 5.69 Å². The first kappa shape index (κ1) is 15.6. The molecule has 1 aromatic heterocycles. The van der Waals surface area contributed by atoms with Gasteiger partial charge >= 0.3 is 0 Å². The summed E-state index contributed by atoms with van der Waals surface area (Å²) in [5, 5.41) is 3.99. The molecule has 8 heteroatoms. The van der Waals surface area contributed by atoms with Crippen LogP contribution in [0.2, 0.25) is 5.02 Å². The second-order valence-corrected chi connectivity index (χ2v) is 4.16. The summed E-state index contributed by atoms with van der Waals surface area (Å²) in [6.07, 6.45) is 0. The number of aliphatic imine (C=N–C) groups is 1. The molecule has 0 spiro atoms. The number of halogens is 3. The summed E-state index contributed by atoms with van der Waals surface area (Å²) < 4.78 is 0. The molecule has 19 heavy (non-hydrogen) atoms. The SMILES string of the molecule is CN=C(NCl)NC(=O)c1cc2cc(Cl)ccc2[nH]1.Cl. The maximum Gasteiger partial charge on any atom is 0.274 e. The van der Waals surface area contributed by atoms with Crippen LogP contribution in [0.15, 0.2) is 29.3 Å². The lowest BCUT2D eigenvalue weighted by molar-refractivity contribution is 0.0972. The average Bonchev–Trinajstić information content (AvgIpc) is 2.78. The van der Waals surface area contributed by atoms with E-state index in [0.29, 0.717) is 10.7 Å². The van der Waals surface area contributed by atoms with Crippen LogP contribution in [0.4, 0.5) is 0 Å². The minimum absolute atomic E-state index is 0. The Kier molecular flexibility index (Phi) is 5.47. The smallest absolute Gasteiger partial charge is 0.274 e. The van der Waals surface area contributed by atoms with Gasteiger partial charge in [0.25, 0.3) is 5.91 Å². The van der Waals surface area contributed by atoms with E-state index >= 15 is 0 Å². The normalized spacial score (nSPS) is 11.0. The summed E-state index contributed by atoms with van der Waals surface area (Å²) in [5.41, 5.74) is 1.23. The van der Waals surface area contributed by atoms with E-state index < -0.39 is 0 Å². The second-order valence-electron chi connectivity index (χ2n) is 3.54. The van der Waals surface area contributed by atoms with E-state index in [1.54, 1.807) is 18.2 Å². The second kappa shape index (κ2) is 6.65. The van der Waals surface area contributed by atoms with Crippen LogP contribution in [0.3, 0.4) is 0 Å². The molecule has 2 rings (SSSR count). The molecule has 0 unspecified atom stereocenters. The van der Waals surface area contributed by atoms with Gasteiger partial charge in [-0.15, -0.1) is 12.4 Å². The van der Waals surface area contributed by atoms with Crippen molar-refractivity contribution in [3.05, 3.63) is 35.0 Å². The Morgan fingerprint density at radius 2 is 2.11 bits per heavy atom. The number of benzene rings is 1. The van der Waals surface area contributed by atoms with E-state index in [-0.39, 0.29) is 24.3 Å². The molecule has 1 amide bonds. The molecule has 1 heterocycles. The zero-order valence-corrected chi connectivity index (χ0v) is 12.2. The third-order valence-electron chi connectivity index (χ3n) is 2.37. The van der Waals surface area contributed by atoms with Crippen LogP contribution in [-0.2, 0) is 0 Å². The first-order valence-corrected chi connectivity index (χ1v) is 5.82. The van der Waals surface area contributed by atoms with Crippen LogP contribution in [0.5, 0.6) is 0 Å². The standard InChI is InChI=1S/C11H10Cl2N4O.ClH/c1-14-11(17-13)16-10(18)9-5-6-4-7(12)2-3-8(6)15-9;/h2-5,15H,1H3,(H2,14,16,17,18);1H. The zero-order valence-electron chi connectivity index (χ0n) is 9.83. The number of hydrogen-bond donors (Lipinski definition) is 3. The third kappa shape index (κ3) is 3.53.